The van der Waals surface area contributed by atoms with Crippen LogP contribution in [0.15, 0.2) is 11.8 Å². The van der Waals surface area contributed by atoms with E-state index < -0.39 is 9.04 Å². The van der Waals surface area contributed by atoms with E-state index in [9.17, 15) is 4.79 Å². The molecule has 1 atom stereocenters. The largest absolute Gasteiger partial charge is 0.540 e. The molecular weight excluding hydrogens is 204 g/mol. The Labute approximate surface area is 94.4 Å². The molecule has 3 heteroatoms. The van der Waals surface area contributed by atoms with Crippen molar-refractivity contribution < 1.29 is 9.22 Å². The fourth-order valence-corrected chi connectivity index (χ4v) is 2.39. The van der Waals surface area contributed by atoms with E-state index in [2.05, 4.69) is 33.9 Å². The van der Waals surface area contributed by atoms with E-state index in [1.54, 1.807) is 0 Å². The van der Waals surface area contributed by atoms with Crippen LogP contribution in [-0.4, -0.2) is 14.8 Å². The van der Waals surface area contributed by atoms with Gasteiger partial charge in [0.2, 0.25) is 0 Å². The summed E-state index contributed by atoms with van der Waals surface area (Å²) in [6.45, 7) is 10.7. The Bertz CT molecular complexity index is 274. The van der Waals surface area contributed by atoms with E-state index in [1.807, 2.05) is 6.08 Å². The standard InChI is InChI=1S/C12H21O2Si/c1-12(2,3)9-6-7-11(10(13)8-9)14-15(4)5/h7,9H,6,8H2,1-5H3. The number of ketones is 1. The normalized spacial score (nSPS) is 22.9. The van der Waals surface area contributed by atoms with Gasteiger partial charge in [-0.2, -0.15) is 0 Å². The maximum atomic E-state index is 11.8. The predicted octanol–water partition coefficient (Wildman–Crippen LogP) is 3.16. The first kappa shape index (κ1) is 12.5. The Hall–Kier alpha value is -0.573. The molecule has 0 aromatic rings. The monoisotopic (exact) mass is 225 g/mol. The summed E-state index contributed by atoms with van der Waals surface area (Å²) >= 11 is 0. The van der Waals surface area contributed by atoms with Gasteiger partial charge in [-0.05, 0) is 36.9 Å². The molecule has 1 aliphatic rings. The highest BCUT2D eigenvalue weighted by molar-refractivity contribution is 6.49. The molecule has 0 saturated heterocycles. The van der Waals surface area contributed by atoms with Crippen molar-refractivity contribution in [2.75, 3.05) is 0 Å². The minimum absolute atomic E-state index is 0.187. The van der Waals surface area contributed by atoms with E-state index in [0.29, 0.717) is 18.1 Å². The fourth-order valence-electron chi connectivity index (χ4n) is 1.75. The highest BCUT2D eigenvalue weighted by Crippen LogP contribution is 2.35. The van der Waals surface area contributed by atoms with Crippen molar-refractivity contribution in [1.29, 1.82) is 0 Å². The van der Waals surface area contributed by atoms with Crippen molar-refractivity contribution in [2.45, 2.75) is 46.7 Å². The third kappa shape index (κ3) is 3.49. The van der Waals surface area contributed by atoms with E-state index in [-0.39, 0.29) is 11.2 Å². The number of carbonyl (C=O) groups excluding carboxylic acids is 1. The number of hydrogen-bond acceptors (Lipinski definition) is 2. The average molecular weight is 225 g/mol. The molecule has 0 N–H and O–H groups in total. The van der Waals surface area contributed by atoms with Crippen LogP contribution in [0.2, 0.25) is 13.1 Å². The summed E-state index contributed by atoms with van der Waals surface area (Å²) in [4.78, 5) is 11.8. The zero-order chi connectivity index (χ0) is 11.6. The second-order valence-electron chi connectivity index (χ2n) is 5.50. The molecule has 0 fully saturated rings. The molecule has 0 aromatic heterocycles. The second-order valence-corrected chi connectivity index (χ2v) is 7.53. The van der Waals surface area contributed by atoms with E-state index in [1.165, 1.54) is 0 Å². The quantitative estimate of drug-likeness (QED) is 0.675. The molecule has 15 heavy (non-hydrogen) atoms. The van der Waals surface area contributed by atoms with Crippen molar-refractivity contribution in [3.63, 3.8) is 0 Å². The lowest BCUT2D eigenvalue weighted by Crippen LogP contribution is -2.28. The van der Waals surface area contributed by atoms with Gasteiger partial charge < -0.3 is 4.43 Å². The van der Waals surface area contributed by atoms with Gasteiger partial charge in [0, 0.05) is 6.42 Å². The Morgan fingerprint density at radius 2 is 2.00 bits per heavy atom. The van der Waals surface area contributed by atoms with Gasteiger partial charge in [-0.25, -0.2) is 0 Å². The highest BCUT2D eigenvalue weighted by Gasteiger charge is 2.31. The summed E-state index contributed by atoms with van der Waals surface area (Å²) in [5.41, 5.74) is 0.212. The van der Waals surface area contributed by atoms with Crippen molar-refractivity contribution in [3.05, 3.63) is 11.8 Å². The summed E-state index contributed by atoms with van der Waals surface area (Å²) in [6, 6.07) is 0. The van der Waals surface area contributed by atoms with E-state index in [4.69, 9.17) is 4.43 Å². The minimum atomic E-state index is -0.808. The Morgan fingerprint density at radius 3 is 2.40 bits per heavy atom. The summed E-state index contributed by atoms with van der Waals surface area (Å²) in [7, 11) is -0.808. The number of hydrogen-bond donors (Lipinski definition) is 0. The molecule has 0 spiro atoms. The van der Waals surface area contributed by atoms with E-state index >= 15 is 0 Å². The SMILES string of the molecule is C[Si](C)OC1=CCC(C(C)(C)C)CC1=O. The van der Waals surface area contributed by atoms with Crippen LogP contribution in [0, 0.1) is 11.3 Å². The first-order valence-electron chi connectivity index (χ1n) is 5.52. The summed E-state index contributed by atoms with van der Waals surface area (Å²) in [5.74, 6) is 1.27. The molecule has 0 amide bonds. The van der Waals surface area contributed by atoms with Crippen LogP contribution in [0.1, 0.15) is 33.6 Å². The zero-order valence-electron chi connectivity index (χ0n) is 10.4. The lowest BCUT2D eigenvalue weighted by molar-refractivity contribution is -0.120. The Balaban J connectivity index is 2.68. The summed E-state index contributed by atoms with van der Waals surface area (Å²) in [6.07, 6.45) is 3.60. The van der Waals surface area contributed by atoms with Gasteiger partial charge in [0.1, 0.15) is 5.76 Å². The van der Waals surface area contributed by atoms with Crippen molar-refractivity contribution >= 4 is 14.8 Å². The minimum Gasteiger partial charge on any atom is -0.540 e. The van der Waals surface area contributed by atoms with Gasteiger partial charge >= 0.3 is 0 Å². The molecule has 1 radical (unpaired) electrons. The maximum absolute atomic E-state index is 11.8. The summed E-state index contributed by atoms with van der Waals surface area (Å²) < 4.78 is 5.58. The van der Waals surface area contributed by atoms with Gasteiger partial charge in [-0.3, -0.25) is 4.79 Å². The van der Waals surface area contributed by atoms with Gasteiger partial charge in [0.25, 0.3) is 9.04 Å². The lowest BCUT2D eigenvalue weighted by Gasteiger charge is -2.32. The fraction of sp³-hybridized carbons (Fsp3) is 0.750. The van der Waals surface area contributed by atoms with Crippen molar-refractivity contribution in [3.8, 4) is 0 Å². The molecule has 0 saturated carbocycles. The second kappa shape index (κ2) is 4.52. The first-order chi connectivity index (χ1) is 6.80. The first-order valence-corrected chi connectivity index (χ1v) is 7.93. The van der Waals surface area contributed by atoms with E-state index in [0.717, 1.165) is 6.42 Å². The maximum Gasteiger partial charge on any atom is 0.274 e. The topological polar surface area (TPSA) is 26.3 Å². The molecule has 1 aliphatic carbocycles. The molecule has 1 unspecified atom stereocenters. The average Bonchev–Trinajstić information content (AvgIpc) is 2.05. The van der Waals surface area contributed by atoms with Crippen molar-refractivity contribution in [2.24, 2.45) is 11.3 Å². The molecule has 0 heterocycles. The van der Waals surface area contributed by atoms with Crippen LogP contribution < -0.4 is 0 Å². The van der Waals surface area contributed by atoms with Crippen LogP contribution in [0.3, 0.4) is 0 Å². The van der Waals surface area contributed by atoms with Crippen LogP contribution in [-0.2, 0) is 9.22 Å². The van der Waals surface area contributed by atoms with Gasteiger partial charge in [-0.15, -0.1) is 0 Å². The third-order valence-corrected chi connectivity index (χ3v) is 3.46. The number of carbonyl (C=O) groups is 1. The highest BCUT2D eigenvalue weighted by atomic mass is 28.3. The molecule has 85 valence electrons. The van der Waals surface area contributed by atoms with Crippen LogP contribution in [0.5, 0.6) is 0 Å². The number of allylic oxidation sites excluding steroid dienone is 2. The van der Waals surface area contributed by atoms with Crippen LogP contribution in [0.4, 0.5) is 0 Å². The Kier molecular flexibility index (Phi) is 3.76. The summed E-state index contributed by atoms with van der Waals surface area (Å²) in [5, 5.41) is 0. The number of Topliss-reactive ketones (excluding diaryl/α,β-unsaturated/α-hetero) is 1. The molecular formula is C12H21O2Si. The zero-order valence-corrected chi connectivity index (χ0v) is 11.4. The number of rotatable bonds is 2. The van der Waals surface area contributed by atoms with Crippen molar-refractivity contribution in [1.82, 2.24) is 0 Å². The molecule has 2 nitrogen and oxygen atoms in total. The lowest BCUT2D eigenvalue weighted by atomic mass is 9.74. The van der Waals surface area contributed by atoms with Gasteiger partial charge in [0.15, 0.2) is 5.78 Å². The van der Waals surface area contributed by atoms with Gasteiger partial charge in [0.05, 0.1) is 0 Å². The third-order valence-electron chi connectivity index (χ3n) is 2.83. The van der Waals surface area contributed by atoms with Crippen LogP contribution in [0.25, 0.3) is 0 Å². The molecule has 0 aromatic carbocycles. The molecule has 1 rings (SSSR count). The predicted molar refractivity (Wildman–Crippen MR) is 63.8 cm³/mol. The molecule has 0 bridgehead atoms. The smallest absolute Gasteiger partial charge is 0.274 e. The van der Waals surface area contributed by atoms with Crippen LogP contribution >= 0.6 is 0 Å². The van der Waals surface area contributed by atoms with Gasteiger partial charge in [-0.1, -0.05) is 20.8 Å². The molecule has 0 aliphatic heterocycles. The Morgan fingerprint density at radius 1 is 1.40 bits per heavy atom.